The first-order valence-electron chi connectivity index (χ1n) is 6.73. The molecule has 1 aliphatic rings. The van der Waals surface area contributed by atoms with Gasteiger partial charge in [-0.3, -0.25) is 10.1 Å². The topological polar surface area (TPSA) is 46.4 Å². The van der Waals surface area contributed by atoms with Crippen molar-refractivity contribution in [3.63, 3.8) is 0 Å². The number of nitro benzene ring substituents is 1. The normalized spacial score (nSPS) is 17.1. The molecular weight excluding hydrogens is 252 g/mol. The molecule has 20 heavy (non-hydrogen) atoms. The van der Waals surface area contributed by atoms with Gasteiger partial charge in [-0.1, -0.05) is 36.4 Å². The molecule has 0 amide bonds. The second kappa shape index (κ2) is 4.96. The number of anilines is 1. The average Bonchev–Trinajstić information content (AvgIpc) is 2.76. The highest BCUT2D eigenvalue weighted by Gasteiger charge is 2.27. The predicted octanol–water partition coefficient (Wildman–Crippen LogP) is 3.55. The number of para-hydroxylation sites is 2. The maximum Gasteiger partial charge on any atom is 0.274 e. The summed E-state index contributed by atoms with van der Waals surface area (Å²) in [5, 5.41) is 11.1. The lowest BCUT2D eigenvalue weighted by atomic mass is 10.1. The molecule has 102 valence electrons. The molecule has 4 nitrogen and oxygen atoms in total. The summed E-state index contributed by atoms with van der Waals surface area (Å²) in [5.41, 5.74) is 3.47. The number of hydrogen-bond donors (Lipinski definition) is 0. The van der Waals surface area contributed by atoms with Gasteiger partial charge < -0.3 is 4.90 Å². The number of nitro groups is 1. The lowest BCUT2D eigenvalue weighted by molar-refractivity contribution is -0.385. The highest BCUT2D eigenvalue weighted by atomic mass is 16.6. The second-order valence-corrected chi connectivity index (χ2v) is 5.20. The van der Waals surface area contributed by atoms with Crippen molar-refractivity contribution in [2.75, 3.05) is 4.90 Å². The Kier molecular flexibility index (Phi) is 3.14. The maximum atomic E-state index is 11.1. The van der Waals surface area contributed by atoms with Gasteiger partial charge in [0.2, 0.25) is 0 Å². The van der Waals surface area contributed by atoms with E-state index in [0.717, 1.165) is 12.0 Å². The smallest absolute Gasteiger partial charge is 0.274 e. The van der Waals surface area contributed by atoms with Crippen LogP contribution < -0.4 is 4.90 Å². The van der Waals surface area contributed by atoms with E-state index in [2.05, 4.69) is 24.0 Å². The Labute approximate surface area is 117 Å². The van der Waals surface area contributed by atoms with Crippen molar-refractivity contribution < 1.29 is 4.92 Å². The van der Waals surface area contributed by atoms with E-state index in [-0.39, 0.29) is 10.6 Å². The molecule has 3 rings (SSSR count). The molecule has 0 bridgehead atoms. The largest absolute Gasteiger partial charge is 0.364 e. The zero-order valence-corrected chi connectivity index (χ0v) is 11.3. The molecule has 2 aromatic rings. The van der Waals surface area contributed by atoms with Gasteiger partial charge in [-0.15, -0.1) is 0 Å². The van der Waals surface area contributed by atoms with E-state index in [1.165, 1.54) is 11.3 Å². The Morgan fingerprint density at radius 3 is 2.70 bits per heavy atom. The van der Waals surface area contributed by atoms with E-state index in [0.29, 0.717) is 12.6 Å². The van der Waals surface area contributed by atoms with Crippen LogP contribution in [-0.4, -0.2) is 11.0 Å². The molecule has 1 atom stereocenters. The Morgan fingerprint density at radius 1 is 1.20 bits per heavy atom. The summed E-state index contributed by atoms with van der Waals surface area (Å²) in [4.78, 5) is 13.1. The summed E-state index contributed by atoms with van der Waals surface area (Å²) in [6.45, 7) is 2.74. The Morgan fingerprint density at radius 2 is 1.90 bits per heavy atom. The van der Waals surface area contributed by atoms with Crippen LogP contribution in [0.3, 0.4) is 0 Å². The van der Waals surface area contributed by atoms with E-state index in [9.17, 15) is 10.1 Å². The van der Waals surface area contributed by atoms with E-state index in [1.807, 2.05) is 24.3 Å². The predicted molar refractivity (Wildman–Crippen MR) is 78.9 cm³/mol. The van der Waals surface area contributed by atoms with Gasteiger partial charge in [0.25, 0.3) is 5.69 Å². The molecule has 0 saturated carbocycles. The molecule has 0 aromatic heterocycles. The third-order valence-corrected chi connectivity index (χ3v) is 3.88. The summed E-state index contributed by atoms with van der Waals surface area (Å²) in [6.07, 6.45) is 0.997. The van der Waals surface area contributed by atoms with Crippen molar-refractivity contribution in [1.82, 2.24) is 0 Å². The van der Waals surface area contributed by atoms with Crippen molar-refractivity contribution >= 4 is 11.4 Å². The van der Waals surface area contributed by atoms with Gasteiger partial charge >= 0.3 is 0 Å². The first-order valence-corrected chi connectivity index (χ1v) is 6.73. The molecule has 0 radical (unpaired) electrons. The van der Waals surface area contributed by atoms with Crippen LogP contribution in [0.1, 0.15) is 18.1 Å². The molecule has 1 aliphatic heterocycles. The fourth-order valence-corrected chi connectivity index (χ4v) is 2.88. The van der Waals surface area contributed by atoms with E-state index in [4.69, 9.17) is 0 Å². The number of nitrogens with zero attached hydrogens (tertiary/aromatic N) is 2. The van der Waals surface area contributed by atoms with E-state index in [1.54, 1.807) is 12.1 Å². The minimum Gasteiger partial charge on any atom is -0.364 e. The zero-order chi connectivity index (χ0) is 14.1. The van der Waals surface area contributed by atoms with Gasteiger partial charge in [0, 0.05) is 23.4 Å². The zero-order valence-electron chi connectivity index (χ0n) is 11.3. The molecule has 0 aliphatic carbocycles. The van der Waals surface area contributed by atoms with Crippen molar-refractivity contribution in [2.24, 2.45) is 0 Å². The molecule has 1 heterocycles. The van der Waals surface area contributed by atoms with Gasteiger partial charge in [-0.05, 0) is 25.0 Å². The molecule has 4 heteroatoms. The highest BCUT2D eigenvalue weighted by molar-refractivity contribution is 5.60. The van der Waals surface area contributed by atoms with Crippen LogP contribution in [0, 0.1) is 10.1 Å². The summed E-state index contributed by atoms with van der Waals surface area (Å²) >= 11 is 0. The highest BCUT2D eigenvalue weighted by Crippen LogP contribution is 2.34. The number of rotatable bonds is 3. The molecule has 0 spiro atoms. The van der Waals surface area contributed by atoms with Crippen LogP contribution in [0.2, 0.25) is 0 Å². The Balaban J connectivity index is 1.94. The van der Waals surface area contributed by atoms with Gasteiger partial charge in [-0.25, -0.2) is 0 Å². The van der Waals surface area contributed by atoms with Crippen LogP contribution in [-0.2, 0) is 13.0 Å². The van der Waals surface area contributed by atoms with Crippen molar-refractivity contribution in [2.45, 2.75) is 25.9 Å². The van der Waals surface area contributed by atoms with Gasteiger partial charge in [-0.2, -0.15) is 0 Å². The minimum atomic E-state index is -0.304. The fourth-order valence-electron chi connectivity index (χ4n) is 2.88. The lowest BCUT2D eigenvalue weighted by Crippen LogP contribution is -2.28. The van der Waals surface area contributed by atoms with Crippen LogP contribution >= 0.6 is 0 Å². The molecule has 0 unspecified atom stereocenters. The molecule has 0 fully saturated rings. The lowest BCUT2D eigenvalue weighted by Gasteiger charge is -2.24. The standard InChI is InChI=1S/C16H16N2O2/c1-12-10-13-6-2-4-8-15(13)17(12)11-14-7-3-5-9-16(14)18(19)20/h2-9,12H,10-11H2,1H3/t12-/m0/s1. The number of hydrogen-bond acceptors (Lipinski definition) is 3. The number of benzene rings is 2. The van der Waals surface area contributed by atoms with Crippen molar-refractivity contribution in [1.29, 1.82) is 0 Å². The van der Waals surface area contributed by atoms with Gasteiger partial charge in [0.1, 0.15) is 0 Å². The SMILES string of the molecule is C[C@H]1Cc2ccccc2N1Cc1ccccc1[N+](=O)[O-]. The summed E-state index contributed by atoms with van der Waals surface area (Å²) in [7, 11) is 0. The van der Waals surface area contributed by atoms with Crippen LogP contribution in [0.15, 0.2) is 48.5 Å². The first-order chi connectivity index (χ1) is 9.66. The quantitative estimate of drug-likeness (QED) is 0.631. The van der Waals surface area contributed by atoms with Crippen molar-refractivity contribution in [3.8, 4) is 0 Å². The monoisotopic (exact) mass is 268 g/mol. The van der Waals surface area contributed by atoms with Gasteiger partial charge in [0.15, 0.2) is 0 Å². The first kappa shape index (κ1) is 12.7. The Bertz CT molecular complexity index is 654. The second-order valence-electron chi connectivity index (χ2n) is 5.20. The summed E-state index contributed by atoms with van der Waals surface area (Å²) in [5.74, 6) is 0. The van der Waals surface area contributed by atoms with Crippen LogP contribution in [0.25, 0.3) is 0 Å². The number of fused-ring (bicyclic) bond motifs is 1. The summed E-state index contributed by atoms with van der Waals surface area (Å²) in [6, 6.07) is 15.6. The summed E-state index contributed by atoms with van der Waals surface area (Å²) < 4.78 is 0. The van der Waals surface area contributed by atoms with E-state index < -0.39 is 0 Å². The maximum absolute atomic E-state index is 11.1. The van der Waals surface area contributed by atoms with E-state index >= 15 is 0 Å². The molecule has 0 saturated heterocycles. The Hall–Kier alpha value is -2.36. The third-order valence-electron chi connectivity index (χ3n) is 3.88. The minimum absolute atomic E-state index is 0.198. The molecule has 2 aromatic carbocycles. The van der Waals surface area contributed by atoms with Gasteiger partial charge in [0.05, 0.1) is 11.5 Å². The molecule has 0 N–H and O–H groups in total. The van der Waals surface area contributed by atoms with Crippen LogP contribution in [0.4, 0.5) is 11.4 Å². The third kappa shape index (κ3) is 2.13. The fraction of sp³-hybridized carbons (Fsp3) is 0.250. The van der Waals surface area contributed by atoms with Crippen LogP contribution in [0.5, 0.6) is 0 Å². The van der Waals surface area contributed by atoms with Crippen molar-refractivity contribution in [3.05, 3.63) is 69.8 Å². The molecular formula is C16H16N2O2. The average molecular weight is 268 g/mol.